The summed E-state index contributed by atoms with van der Waals surface area (Å²) in [6.45, 7) is 1.92. The van der Waals surface area contributed by atoms with Crippen molar-refractivity contribution in [3.8, 4) is 0 Å². The van der Waals surface area contributed by atoms with Gasteiger partial charge in [0, 0.05) is 25.6 Å². The first-order valence-corrected chi connectivity index (χ1v) is 6.90. The number of esters is 1. The van der Waals surface area contributed by atoms with E-state index in [1.165, 1.54) is 7.11 Å². The molecule has 0 unspecified atom stereocenters. The Hall–Kier alpha value is -1.14. The van der Waals surface area contributed by atoms with E-state index in [-0.39, 0.29) is 12.4 Å². The number of hydrogen-bond acceptors (Lipinski definition) is 6. The number of methoxy groups -OCH3 is 2. The van der Waals surface area contributed by atoms with E-state index in [9.17, 15) is 4.79 Å². The van der Waals surface area contributed by atoms with Gasteiger partial charge >= 0.3 is 5.97 Å². The SMILES string of the molecule is COC(=O)Cc1csc(N2CCC(OC)CC2)n1. The van der Waals surface area contributed by atoms with Crippen LogP contribution < -0.4 is 4.90 Å². The second-order valence-corrected chi connectivity index (χ2v) is 5.13. The van der Waals surface area contributed by atoms with Crippen molar-refractivity contribution in [2.75, 3.05) is 32.2 Å². The third-order valence-electron chi connectivity index (χ3n) is 3.14. The largest absolute Gasteiger partial charge is 0.469 e. The van der Waals surface area contributed by atoms with Gasteiger partial charge in [-0.05, 0) is 12.8 Å². The summed E-state index contributed by atoms with van der Waals surface area (Å²) in [5.41, 5.74) is 0.788. The van der Waals surface area contributed by atoms with E-state index in [0.29, 0.717) is 6.10 Å². The minimum Gasteiger partial charge on any atom is -0.469 e. The van der Waals surface area contributed by atoms with Crippen LogP contribution in [0.2, 0.25) is 0 Å². The fourth-order valence-corrected chi connectivity index (χ4v) is 2.90. The van der Waals surface area contributed by atoms with Crippen molar-refractivity contribution in [1.82, 2.24) is 4.98 Å². The summed E-state index contributed by atoms with van der Waals surface area (Å²) >= 11 is 1.58. The number of carbonyl (C=O) groups is 1. The average Bonchev–Trinajstić information content (AvgIpc) is 2.87. The quantitative estimate of drug-likeness (QED) is 0.776. The molecular weight excluding hydrogens is 252 g/mol. The summed E-state index contributed by atoms with van der Waals surface area (Å²) in [6, 6.07) is 0. The topological polar surface area (TPSA) is 51.7 Å². The maximum Gasteiger partial charge on any atom is 0.311 e. The van der Waals surface area contributed by atoms with Gasteiger partial charge in [0.25, 0.3) is 0 Å². The first-order chi connectivity index (χ1) is 8.72. The number of hydrogen-bond donors (Lipinski definition) is 0. The van der Waals surface area contributed by atoms with E-state index in [0.717, 1.165) is 36.8 Å². The third kappa shape index (κ3) is 3.20. The van der Waals surface area contributed by atoms with Gasteiger partial charge in [-0.25, -0.2) is 4.98 Å². The molecule has 0 amide bonds. The lowest BCUT2D eigenvalue weighted by molar-refractivity contribution is -0.139. The molecule has 0 aliphatic carbocycles. The molecule has 2 heterocycles. The molecule has 1 fully saturated rings. The van der Waals surface area contributed by atoms with E-state index in [1.807, 2.05) is 5.38 Å². The van der Waals surface area contributed by atoms with Crippen LogP contribution in [0, 0.1) is 0 Å². The van der Waals surface area contributed by atoms with E-state index in [2.05, 4.69) is 14.6 Å². The van der Waals surface area contributed by atoms with Crippen molar-refractivity contribution >= 4 is 22.4 Å². The van der Waals surface area contributed by atoms with Crippen LogP contribution in [-0.4, -0.2) is 44.4 Å². The fraction of sp³-hybridized carbons (Fsp3) is 0.667. The lowest BCUT2D eigenvalue weighted by Gasteiger charge is -2.30. The number of aromatic nitrogens is 1. The number of thiazole rings is 1. The van der Waals surface area contributed by atoms with Gasteiger partial charge < -0.3 is 14.4 Å². The summed E-state index contributed by atoms with van der Waals surface area (Å²) in [5, 5.41) is 2.91. The van der Waals surface area contributed by atoms with Crippen LogP contribution in [0.1, 0.15) is 18.5 Å². The van der Waals surface area contributed by atoms with E-state index in [4.69, 9.17) is 4.74 Å². The highest BCUT2D eigenvalue weighted by Gasteiger charge is 2.21. The predicted octanol–water partition coefficient (Wildman–Crippen LogP) is 1.47. The van der Waals surface area contributed by atoms with E-state index in [1.54, 1.807) is 18.4 Å². The van der Waals surface area contributed by atoms with Crippen molar-refractivity contribution in [1.29, 1.82) is 0 Å². The zero-order chi connectivity index (χ0) is 13.0. The molecular formula is C12H18N2O3S. The summed E-state index contributed by atoms with van der Waals surface area (Å²) in [6.07, 6.45) is 2.68. The molecule has 0 saturated carbocycles. The molecule has 0 radical (unpaired) electrons. The number of ether oxygens (including phenoxy) is 2. The summed E-state index contributed by atoms with van der Waals surface area (Å²) in [5.74, 6) is -0.245. The molecule has 100 valence electrons. The molecule has 1 aliphatic rings. The second-order valence-electron chi connectivity index (χ2n) is 4.30. The maximum atomic E-state index is 11.2. The third-order valence-corrected chi connectivity index (χ3v) is 4.09. The Morgan fingerprint density at radius 2 is 2.22 bits per heavy atom. The van der Waals surface area contributed by atoms with Crippen LogP contribution in [0.15, 0.2) is 5.38 Å². The monoisotopic (exact) mass is 270 g/mol. The highest BCUT2D eigenvalue weighted by atomic mass is 32.1. The zero-order valence-electron chi connectivity index (χ0n) is 10.7. The minimum absolute atomic E-state index is 0.245. The van der Waals surface area contributed by atoms with Gasteiger partial charge in [-0.1, -0.05) is 0 Å². The molecule has 1 aromatic rings. The Morgan fingerprint density at radius 3 is 2.83 bits per heavy atom. The molecule has 5 nitrogen and oxygen atoms in total. The molecule has 0 spiro atoms. The van der Waals surface area contributed by atoms with Gasteiger partial charge in [0.05, 0.1) is 25.3 Å². The van der Waals surface area contributed by atoms with Crippen molar-refractivity contribution in [3.63, 3.8) is 0 Å². The first-order valence-electron chi connectivity index (χ1n) is 6.02. The Morgan fingerprint density at radius 1 is 1.50 bits per heavy atom. The van der Waals surface area contributed by atoms with Crippen molar-refractivity contribution < 1.29 is 14.3 Å². The molecule has 1 saturated heterocycles. The van der Waals surface area contributed by atoms with Crippen LogP contribution in [0.4, 0.5) is 5.13 Å². The lowest BCUT2D eigenvalue weighted by atomic mass is 10.1. The molecule has 0 atom stereocenters. The molecule has 1 aromatic heterocycles. The molecule has 1 aliphatic heterocycles. The summed E-state index contributed by atoms with van der Waals surface area (Å²) in [7, 11) is 3.16. The second kappa shape index (κ2) is 6.15. The maximum absolute atomic E-state index is 11.2. The number of nitrogens with zero attached hydrogens (tertiary/aromatic N) is 2. The van der Waals surface area contributed by atoms with Crippen LogP contribution in [-0.2, 0) is 20.7 Å². The van der Waals surface area contributed by atoms with Crippen LogP contribution in [0.5, 0.6) is 0 Å². The van der Waals surface area contributed by atoms with Crippen molar-refractivity contribution in [3.05, 3.63) is 11.1 Å². The van der Waals surface area contributed by atoms with Crippen LogP contribution >= 0.6 is 11.3 Å². The normalized spacial score (nSPS) is 16.9. The Kier molecular flexibility index (Phi) is 4.54. The highest BCUT2D eigenvalue weighted by molar-refractivity contribution is 7.13. The summed E-state index contributed by atoms with van der Waals surface area (Å²) < 4.78 is 9.98. The zero-order valence-corrected chi connectivity index (χ0v) is 11.5. The predicted molar refractivity (Wildman–Crippen MR) is 70.1 cm³/mol. The van der Waals surface area contributed by atoms with Crippen LogP contribution in [0.25, 0.3) is 0 Å². The average molecular weight is 270 g/mol. The minimum atomic E-state index is -0.245. The van der Waals surface area contributed by atoms with Crippen molar-refractivity contribution in [2.24, 2.45) is 0 Å². The van der Waals surface area contributed by atoms with E-state index >= 15 is 0 Å². The molecule has 2 rings (SSSR count). The molecule has 0 bridgehead atoms. The smallest absolute Gasteiger partial charge is 0.311 e. The summed E-state index contributed by atoms with van der Waals surface area (Å²) in [4.78, 5) is 17.9. The highest BCUT2D eigenvalue weighted by Crippen LogP contribution is 2.25. The van der Waals surface area contributed by atoms with Gasteiger partial charge in [0.2, 0.25) is 0 Å². The van der Waals surface area contributed by atoms with Gasteiger partial charge in [-0.15, -0.1) is 11.3 Å². The van der Waals surface area contributed by atoms with Crippen LogP contribution in [0.3, 0.4) is 0 Å². The Labute approximate surface area is 111 Å². The number of rotatable bonds is 4. The number of piperidine rings is 1. The van der Waals surface area contributed by atoms with Gasteiger partial charge in [0.1, 0.15) is 0 Å². The van der Waals surface area contributed by atoms with E-state index < -0.39 is 0 Å². The molecule has 6 heteroatoms. The Bertz CT molecular complexity index is 400. The standard InChI is InChI=1S/C12H18N2O3S/c1-16-10-3-5-14(6-4-10)12-13-9(8-18-12)7-11(15)17-2/h8,10H,3-7H2,1-2H3. The Balaban J connectivity index is 1.92. The van der Waals surface area contributed by atoms with Gasteiger partial charge in [0.15, 0.2) is 5.13 Å². The number of anilines is 1. The number of carbonyl (C=O) groups excluding carboxylic acids is 1. The molecule has 0 N–H and O–H groups in total. The molecule has 0 aromatic carbocycles. The van der Waals surface area contributed by atoms with Gasteiger partial charge in [-0.3, -0.25) is 4.79 Å². The molecule has 18 heavy (non-hydrogen) atoms. The first kappa shape index (κ1) is 13.3. The fourth-order valence-electron chi connectivity index (χ4n) is 2.03. The van der Waals surface area contributed by atoms with Crippen molar-refractivity contribution in [2.45, 2.75) is 25.4 Å². The lowest BCUT2D eigenvalue weighted by Crippen LogP contribution is -2.36. The van der Waals surface area contributed by atoms with Gasteiger partial charge in [-0.2, -0.15) is 0 Å².